The van der Waals surface area contributed by atoms with Crippen molar-refractivity contribution in [3.8, 4) is 11.4 Å². The Morgan fingerprint density at radius 1 is 1.05 bits per heavy atom. The van der Waals surface area contributed by atoms with Crippen LogP contribution >= 0.6 is 0 Å². The summed E-state index contributed by atoms with van der Waals surface area (Å²) in [7, 11) is 0. The molecule has 0 aliphatic rings. The summed E-state index contributed by atoms with van der Waals surface area (Å²) in [4.78, 5) is 12.3. The van der Waals surface area contributed by atoms with E-state index in [-0.39, 0.29) is 5.56 Å². The number of carboxylic acid groups (broad SMARTS) is 1. The lowest BCUT2D eigenvalue weighted by Gasteiger charge is -1.98. The molecule has 0 bridgehead atoms. The van der Waals surface area contributed by atoms with Crippen LogP contribution in [0.3, 0.4) is 0 Å². The van der Waals surface area contributed by atoms with Crippen LogP contribution in [0.5, 0.6) is 0 Å². The number of aromatic carboxylic acids is 1. The normalized spacial score (nSPS) is 10.5. The van der Waals surface area contributed by atoms with E-state index in [0.29, 0.717) is 12.4 Å². The lowest BCUT2D eigenvalue weighted by atomic mass is 10.1. The predicted octanol–water partition coefficient (Wildman–Crippen LogP) is 2.09. The summed E-state index contributed by atoms with van der Waals surface area (Å²) < 4.78 is 0. The van der Waals surface area contributed by atoms with Crippen molar-refractivity contribution in [2.75, 3.05) is 0 Å². The summed E-state index contributed by atoms with van der Waals surface area (Å²) in [6.07, 6.45) is 0. The number of hydrogen-bond donors (Lipinski definition) is 1. The van der Waals surface area contributed by atoms with Crippen molar-refractivity contribution in [1.82, 2.24) is 20.2 Å². The summed E-state index contributed by atoms with van der Waals surface area (Å²) in [5.74, 6) is -0.481. The van der Waals surface area contributed by atoms with Gasteiger partial charge in [0.05, 0.1) is 12.1 Å². The van der Waals surface area contributed by atoms with E-state index in [0.717, 1.165) is 11.1 Å². The maximum atomic E-state index is 10.8. The van der Waals surface area contributed by atoms with Gasteiger partial charge < -0.3 is 5.11 Å². The molecule has 0 unspecified atom stereocenters. The number of hydrogen-bond acceptors (Lipinski definition) is 4. The zero-order valence-corrected chi connectivity index (χ0v) is 11.0. The Balaban J connectivity index is 1.80. The maximum Gasteiger partial charge on any atom is 0.335 e. The second kappa shape index (κ2) is 5.54. The zero-order valence-electron chi connectivity index (χ0n) is 11.0. The van der Waals surface area contributed by atoms with Gasteiger partial charge in [-0.15, -0.1) is 10.2 Å². The highest BCUT2D eigenvalue weighted by Gasteiger charge is 2.08. The summed E-state index contributed by atoms with van der Waals surface area (Å²) in [5.41, 5.74) is 2.05. The van der Waals surface area contributed by atoms with Gasteiger partial charge in [-0.25, -0.2) is 4.79 Å². The molecule has 1 N–H and O–H groups in total. The molecular formula is C15H12N4O2. The molecule has 3 rings (SSSR count). The molecule has 6 heteroatoms. The van der Waals surface area contributed by atoms with E-state index in [1.165, 1.54) is 16.9 Å². The number of rotatable bonds is 4. The molecule has 21 heavy (non-hydrogen) atoms. The average molecular weight is 280 g/mol. The van der Waals surface area contributed by atoms with Gasteiger partial charge in [-0.2, -0.15) is 4.80 Å². The number of aromatic nitrogens is 4. The topological polar surface area (TPSA) is 80.9 Å². The largest absolute Gasteiger partial charge is 0.478 e. The van der Waals surface area contributed by atoms with Crippen molar-refractivity contribution in [1.29, 1.82) is 0 Å². The Labute approximate surface area is 120 Å². The van der Waals surface area contributed by atoms with Gasteiger partial charge in [-0.1, -0.05) is 42.5 Å². The van der Waals surface area contributed by atoms with Crippen molar-refractivity contribution in [3.05, 3.63) is 65.7 Å². The van der Waals surface area contributed by atoms with Gasteiger partial charge >= 0.3 is 5.97 Å². The van der Waals surface area contributed by atoms with Crippen LogP contribution in [-0.2, 0) is 6.54 Å². The summed E-state index contributed by atoms with van der Waals surface area (Å²) in [6.45, 7) is 0.543. The fourth-order valence-corrected chi connectivity index (χ4v) is 1.93. The van der Waals surface area contributed by atoms with E-state index in [9.17, 15) is 4.79 Å². The molecule has 104 valence electrons. The van der Waals surface area contributed by atoms with E-state index in [1.807, 2.05) is 30.3 Å². The van der Waals surface area contributed by atoms with Crippen LogP contribution in [0.15, 0.2) is 54.6 Å². The average Bonchev–Trinajstić information content (AvgIpc) is 2.97. The van der Waals surface area contributed by atoms with Gasteiger partial charge in [0, 0.05) is 5.56 Å². The third-order valence-corrected chi connectivity index (χ3v) is 3.01. The fourth-order valence-electron chi connectivity index (χ4n) is 1.93. The van der Waals surface area contributed by atoms with Crippen molar-refractivity contribution in [2.24, 2.45) is 0 Å². The first-order valence-corrected chi connectivity index (χ1v) is 6.38. The van der Waals surface area contributed by atoms with E-state index >= 15 is 0 Å². The van der Waals surface area contributed by atoms with Crippen LogP contribution in [0.2, 0.25) is 0 Å². The smallest absolute Gasteiger partial charge is 0.335 e. The highest BCUT2D eigenvalue weighted by atomic mass is 16.4. The Morgan fingerprint density at radius 3 is 2.43 bits per heavy atom. The molecule has 0 spiro atoms. The monoisotopic (exact) mass is 280 g/mol. The molecule has 0 saturated heterocycles. The minimum Gasteiger partial charge on any atom is -0.478 e. The van der Waals surface area contributed by atoms with Gasteiger partial charge in [0.25, 0.3) is 0 Å². The molecule has 6 nitrogen and oxygen atoms in total. The Morgan fingerprint density at radius 2 is 1.76 bits per heavy atom. The zero-order chi connectivity index (χ0) is 14.7. The van der Waals surface area contributed by atoms with Gasteiger partial charge in [0.2, 0.25) is 5.82 Å². The van der Waals surface area contributed by atoms with Gasteiger partial charge in [0.1, 0.15) is 0 Å². The van der Waals surface area contributed by atoms with Gasteiger partial charge in [-0.05, 0) is 22.9 Å². The molecule has 1 heterocycles. The van der Waals surface area contributed by atoms with E-state index in [4.69, 9.17) is 5.11 Å². The Kier molecular flexibility index (Phi) is 3.42. The van der Waals surface area contributed by atoms with Crippen LogP contribution in [0.4, 0.5) is 0 Å². The van der Waals surface area contributed by atoms with Crippen LogP contribution in [0, 0.1) is 0 Å². The SMILES string of the molecule is O=C(O)c1ccc(-c2nnn(Cc3ccccc3)n2)cc1. The third-order valence-electron chi connectivity index (χ3n) is 3.01. The highest BCUT2D eigenvalue weighted by molar-refractivity contribution is 5.88. The van der Waals surface area contributed by atoms with E-state index in [2.05, 4.69) is 15.4 Å². The summed E-state index contributed by atoms with van der Waals surface area (Å²) in [6, 6.07) is 16.2. The quantitative estimate of drug-likeness (QED) is 0.791. The Bertz CT molecular complexity index is 751. The van der Waals surface area contributed by atoms with E-state index in [1.54, 1.807) is 12.1 Å². The second-order valence-corrected chi connectivity index (χ2v) is 4.51. The first-order valence-electron chi connectivity index (χ1n) is 6.38. The molecule has 3 aromatic rings. The van der Waals surface area contributed by atoms with Gasteiger partial charge in [0.15, 0.2) is 0 Å². The van der Waals surface area contributed by atoms with Crippen LogP contribution in [0.25, 0.3) is 11.4 Å². The molecule has 1 aromatic heterocycles. The highest BCUT2D eigenvalue weighted by Crippen LogP contribution is 2.14. The number of benzene rings is 2. The molecule has 0 atom stereocenters. The minimum absolute atomic E-state index is 0.232. The lowest BCUT2D eigenvalue weighted by molar-refractivity contribution is 0.0697. The van der Waals surface area contributed by atoms with Crippen LogP contribution in [-0.4, -0.2) is 31.3 Å². The van der Waals surface area contributed by atoms with Crippen molar-refractivity contribution in [3.63, 3.8) is 0 Å². The molecule has 0 aliphatic carbocycles. The lowest BCUT2D eigenvalue weighted by Crippen LogP contribution is -2.03. The Hall–Kier alpha value is -3.02. The minimum atomic E-state index is -0.956. The molecule has 0 amide bonds. The van der Waals surface area contributed by atoms with Crippen LogP contribution in [0.1, 0.15) is 15.9 Å². The number of carboxylic acids is 1. The number of nitrogens with zero attached hydrogens (tertiary/aromatic N) is 4. The maximum absolute atomic E-state index is 10.8. The molecule has 0 radical (unpaired) electrons. The number of carbonyl (C=O) groups is 1. The molecule has 0 saturated carbocycles. The standard InChI is InChI=1S/C15H12N4O2/c20-15(21)13-8-6-12(7-9-13)14-16-18-19(17-14)10-11-4-2-1-3-5-11/h1-9H,10H2,(H,20,21). The number of tetrazole rings is 1. The van der Waals surface area contributed by atoms with E-state index < -0.39 is 5.97 Å². The molecule has 2 aromatic carbocycles. The molecule has 0 fully saturated rings. The molecule has 0 aliphatic heterocycles. The predicted molar refractivity (Wildman–Crippen MR) is 75.8 cm³/mol. The van der Waals surface area contributed by atoms with Crippen LogP contribution < -0.4 is 0 Å². The van der Waals surface area contributed by atoms with Crippen molar-refractivity contribution >= 4 is 5.97 Å². The first kappa shape index (κ1) is 13.0. The van der Waals surface area contributed by atoms with Gasteiger partial charge in [-0.3, -0.25) is 0 Å². The summed E-state index contributed by atoms with van der Waals surface area (Å²) >= 11 is 0. The second-order valence-electron chi connectivity index (χ2n) is 4.51. The summed E-state index contributed by atoms with van der Waals surface area (Å²) in [5, 5.41) is 21.2. The van der Waals surface area contributed by atoms with Crippen molar-refractivity contribution < 1.29 is 9.90 Å². The third kappa shape index (κ3) is 2.94. The first-order chi connectivity index (χ1) is 10.2. The van der Waals surface area contributed by atoms with Crippen molar-refractivity contribution in [2.45, 2.75) is 6.54 Å². The molecular weight excluding hydrogens is 268 g/mol. The fraction of sp³-hybridized carbons (Fsp3) is 0.0667.